The zero-order valence-corrected chi connectivity index (χ0v) is 11.1. The minimum Gasteiger partial charge on any atom is -0.396 e. The molecule has 0 spiro atoms. The van der Waals surface area contributed by atoms with Gasteiger partial charge in [-0.05, 0) is 61.3 Å². The number of benzene rings is 1. The molecule has 1 atom stereocenters. The molecule has 1 aliphatic heterocycles. The minimum atomic E-state index is 0.348. The van der Waals surface area contributed by atoms with Crippen molar-refractivity contribution in [3.8, 4) is 0 Å². The summed E-state index contributed by atoms with van der Waals surface area (Å²) in [7, 11) is 0. The highest BCUT2D eigenvalue weighted by molar-refractivity contribution is 5.35. The van der Waals surface area contributed by atoms with Gasteiger partial charge in [-0.2, -0.15) is 0 Å². The Morgan fingerprint density at radius 3 is 2.94 bits per heavy atom. The van der Waals surface area contributed by atoms with Crippen molar-refractivity contribution in [2.24, 2.45) is 5.92 Å². The van der Waals surface area contributed by atoms with Crippen LogP contribution in [-0.2, 0) is 19.4 Å². The first-order valence-corrected chi connectivity index (χ1v) is 7.29. The molecule has 0 bridgehead atoms. The quantitative estimate of drug-likeness (QED) is 0.884. The zero-order chi connectivity index (χ0) is 12.4. The van der Waals surface area contributed by atoms with Crippen LogP contribution in [0, 0.1) is 5.92 Å². The molecular formula is C16H23NO. The number of hydrogen-bond donors (Lipinski definition) is 1. The second-order valence-electron chi connectivity index (χ2n) is 5.88. The molecule has 2 aliphatic rings. The van der Waals surface area contributed by atoms with E-state index in [4.69, 9.17) is 0 Å². The fourth-order valence-electron chi connectivity index (χ4n) is 3.43. The van der Waals surface area contributed by atoms with Crippen LogP contribution in [0.1, 0.15) is 36.0 Å². The van der Waals surface area contributed by atoms with Crippen LogP contribution in [-0.4, -0.2) is 29.7 Å². The van der Waals surface area contributed by atoms with Crippen LogP contribution in [0.2, 0.25) is 0 Å². The maximum Gasteiger partial charge on any atom is 0.0471 e. The Morgan fingerprint density at radius 1 is 1.17 bits per heavy atom. The van der Waals surface area contributed by atoms with E-state index in [-0.39, 0.29) is 0 Å². The molecular weight excluding hydrogens is 222 g/mol. The number of nitrogens with zero attached hydrogens (tertiary/aromatic N) is 1. The van der Waals surface area contributed by atoms with Crippen LogP contribution in [0.4, 0.5) is 0 Å². The molecule has 0 saturated carbocycles. The predicted octanol–water partition coefficient (Wildman–Crippen LogP) is 2.38. The third kappa shape index (κ3) is 2.60. The summed E-state index contributed by atoms with van der Waals surface area (Å²) in [5.74, 6) is 0.494. The zero-order valence-electron chi connectivity index (χ0n) is 11.1. The highest BCUT2D eigenvalue weighted by atomic mass is 16.3. The number of rotatable bonds is 3. The SMILES string of the molecule is OCC1CCCN(Cc2ccc3c(c2)CCC3)C1. The minimum absolute atomic E-state index is 0.348. The van der Waals surface area contributed by atoms with Gasteiger partial charge >= 0.3 is 0 Å². The first-order chi connectivity index (χ1) is 8.85. The van der Waals surface area contributed by atoms with Gasteiger partial charge in [0.2, 0.25) is 0 Å². The highest BCUT2D eigenvalue weighted by Gasteiger charge is 2.19. The van der Waals surface area contributed by atoms with Crippen molar-refractivity contribution in [3.63, 3.8) is 0 Å². The molecule has 0 aromatic heterocycles. The van der Waals surface area contributed by atoms with Gasteiger partial charge in [-0.3, -0.25) is 4.90 Å². The van der Waals surface area contributed by atoms with E-state index in [0.29, 0.717) is 12.5 Å². The molecule has 3 rings (SSSR count). The number of hydrogen-bond acceptors (Lipinski definition) is 2. The van der Waals surface area contributed by atoms with Crippen LogP contribution < -0.4 is 0 Å². The molecule has 1 unspecified atom stereocenters. The number of aliphatic hydroxyl groups is 1. The van der Waals surface area contributed by atoms with Crippen molar-refractivity contribution < 1.29 is 5.11 Å². The smallest absolute Gasteiger partial charge is 0.0471 e. The van der Waals surface area contributed by atoms with Gasteiger partial charge < -0.3 is 5.11 Å². The van der Waals surface area contributed by atoms with E-state index in [1.807, 2.05) is 0 Å². The van der Waals surface area contributed by atoms with E-state index >= 15 is 0 Å². The summed E-state index contributed by atoms with van der Waals surface area (Å²) >= 11 is 0. The number of aryl methyl sites for hydroxylation is 2. The number of aliphatic hydroxyl groups excluding tert-OH is 1. The molecule has 2 nitrogen and oxygen atoms in total. The number of piperidine rings is 1. The van der Waals surface area contributed by atoms with Crippen LogP contribution in [0.15, 0.2) is 18.2 Å². The first kappa shape index (κ1) is 12.2. The van der Waals surface area contributed by atoms with E-state index in [1.54, 1.807) is 11.1 Å². The normalized spacial score (nSPS) is 24.2. The van der Waals surface area contributed by atoms with Gasteiger partial charge in [0.1, 0.15) is 0 Å². The van der Waals surface area contributed by atoms with E-state index in [0.717, 1.165) is 13.1 Å². The summed E-state index contributed by atoms with van der Waals surface area (Å²) in [6.07, 6.45) is 6.29. The Kier molecular flexibility index (Phi) is 3.67. The summed E-state index contributed by atoms with van der Waals surface area (Å²) in [5.41, 5.74) is 4.59. The fourth-order valence-corrected chi connectivity index (χ4v) is 3.43. The molecule has 18 heavy (non-hydrogen) atoms. The summed E-state index contributed by atoms with van der Waals surface area (Å²) in [6, 6.07) is 7.03. The fraction of sp³-hybridized carbons (Fsp3) is 0.625. The monoisotopic (exact) mass is 245 g/mol. The summed E-state index contributed by atoms with van der Waals surface area (Å²) < 4.78 is 0. The molecule has 1 N–H and O–H groups in total. The summed E-state index contributed by atoms with van der Waals surface area (Å²) in [6.45, 7) is 3.66. The van der Waals surface area contributed by atoms with Gasteiger partial charge in [0.15, 0.2) is 0 Å². The van der Waals surface area contributed by atoms with Gasteiger partial charge in [0.25, 0.3) is 0 Å². The van der Waals surface area contributed by atoms with Crippen LogP contribution in [0.5, 0.6) is 0 Å². The van der Waals surface area contributed by atoms with Crippen molar-refractivity contribution in [1.29, 1.82) is 0 Å². The molecule has 0 radical (unpaired) electrons. The van der Waals surface area contributed by atoms with Crippen molar-refractivity contribution in [2.75, 3.05) is 19.7 Å². The van der Waals surface area contributed by atoms with Crippen molar-refractivity contribution in [2.45, 2.75) is 38.6 Å². The third-order valence-corrected chi connectivity index (χ3v) is 4.43. The number of fused-ring (bicyclic) bond motifs is 1. The summed E-state index contributed by atoms with van der Waals surface area (Å²) in [4.78, 5) is 2.50. The van der Waals surface area contributed by atoms with Crippen LogP contribution >= 0.6 is 0 Å². The molecule has 0 amide bonds. The lowest BCUT2D eigenvalue weighted by atomic mass is 9.98. The number of likely N-dealkylation sites (tertiary alicyclic amines) is 1. The van der Waals surface area contributed by atoms with Gasteiger partial charge in [0.05, 0.1) is 0 Å². The maximum atomic E-state index is 9.28. The second-order valence-corrected chi connectivity index (χ2v) is 5.88. The lowest BCUT2D eigenvalue weighted by molar-refractivity contribution is 0.116. The lowest BCUT2D eigenvalue weighted by Crippen LogP contribution is -2.36. The molecule has 1 aliphatic carbocycles. The molecule has 98 valence electrons. The Bertz CT molecular complexity index is 416. The van der Waals surface area contributed by atoms with Gasteiger partial charge in [-0.25, -0.2) is 0 Å². The Balaban J connectivity index is 1.65. The van der Waals surface area contributed by atoms with Gasteiger partial charge in [-0.15, -0.1) is 0 Å². The molecule has 2 heteroatoms. The first-order valence-electron chi connectivity index (χ1n) is 7.29. The average Bonchev–Trinajstić information content (AvgIpc) is 2.86. The average molecular weight is 245 g/mol. The van der Waals surface area contributed by atoms with Crippen molar-refractivity contribution in [3.05, 3.63) is 34.9 Å². The molecule has 1 heterocycles. The standard InChI is InChI=1S/C16H23NO/c18-12-14-3-2-8-17(11-14)10-13-6-7-15-4-1-5-16(15)9-13/h6-7,9,14,18H,1-5,8,10-12H2. The van der Waals surface area contributed by atoms with Gasteiger partial charge in [-0.1, -0.05) is 18.2 Å². The topological polar surface area (TPSA) is 23.5 Å². The predicted molar refractivity (Wildman–Crippen MR) is 73.6 cm³/mol. The van der Waals surface area contributed by atoms with E-state index in [9.17, 15) is 5.11 Å². The Labute approximate surface area is 110 Å². The maximum absolute atomic E-state index is 9.28. The Hall–Kier alpha value is -0.860. The van der Waals surface area contributed by atoms with E-state index < -0.39 is 0 Å². The molecule has 1 aromatic rings. The van der Waals surface area contributed by atoms with E-state index in [1.165, 1.54) is 44.2 Å². The molecule has 1 saturated heterocycles. The largest absolute Gasteiger partial charge is 0.396 e. The van der Waals surface area contributed by atoms with Gasteiger partial charge in [0, 0.05) is 19.7 Å². The molecule has 1 aromatic carbocycles. The van der Waals surface area contributed by atoms with Crippen LogP contribution in [0.3, 0.4) is 0 Å². The Morgan fingerprint density at radius 2 is 2.06 bits per heavy atom. The van der Waals surface area contributed by atoms with Crippen molar-refractivity contribution in [1.82, 2.24) is 4.90 Å². The van der Waals surface area contributed by atoms with E-state index in [2.05, 4.69) is 23.1 Å². The second kappa shape index (κ2) is 5.41. The highest BCUT2D eigenvalue weighted by Crippen LogP contribution is 2.24. The van der Waals surface area contributed by atoms with Crippen molar-refractivity contribution >= 4 is 0 Å². The third-order valence-electron chi connectivity index (χ3n) is 4.43. The summed E-state index contributed by atoms with van der Waals surface area (Å²) in [5, 5.41) is 9.28. The lowest BCUT2D eigenvalue weighted by Gasteiger charge is -2.31. The van der Waals surface area contributed by atoms with Crippen LogP contribution in [0.25, 0.3) is 0 Å². The molecule has 1 fully saturated rings.